The zero-order valence-corrected chi connectivity index (χ0v) is 9.70. The van der Waals surface area contributed by atoms with Crippen LogP contribution in [0.1, 0.15) is 0 Å². The van der Waals surface area contributed by atoms with Crippen LogP contribution in [0.5, 0.6) is 0 Å². The van der Waals surface area contributed by atoms with Crippen molar-refractivity contribution in [2.75, 3.05) is 0 Å². The van der Waals surface area contributed by atoms with E-state index in [4.69, 9.17) is 74.9 Å². The summed E-state index contributed by atoms with van der Waals surface area (Å²) < 4.78 is -4.79. The van der Waals surface area contributed by atoms with Crippen molar-refractivity contribution < 1.29 is 5.11 Å². The van der Waals surface area contributed by atoms with Gasteiger partial charge in [-0.05, 0) is 0 Å². The second-order valence-electron chi connectivity index (χ2n) is 1.82. The lowest BCUT2D eigenvalue weighted by Crippen LogP contribution is -2.52. The minimum absolute atomic E-state index is 1.22. The van der Waals surface area contributed by atoms with E-state index >= 15 is 0 Å². The minimum atomic E-state index is -2.69. The largest absolute Gasteiger partial charge is 0.368 e. The van der Waals surface area contributed by atoms with Gasteiger partial charge in [-0.1, -0.05) is 69.6 Å². The quantitative estimate of drug-likeness (QED) is 0.551. The average Bonchev–Trinajstić information content (AvgIpc) is 1.81. The number of alkyl halides is 6. The summed E-state index contributed by atoms with van der Waals surface area (Å²) in [6, 6.07) is 1.22. The molecule has 0 spiro atoms. The molecule has 0 saturated carbocycles. The van der Waals surface area contributed by atoms with Gasteiger partial charge in [0.25, 0.3) is 0 Å². The molecule has 70 valence electrons. The van der Waals surface area contributed by atoms with Crippen molar-refractivity contribution in [3.05, 3.63) is 0 Å². The van der Waals surface area contributed by atoms with Crippen LogP contribution < -0.4 is 0 Å². The highest BCUT2D eigenvalue weighted by atomic mass is 35.6. The average molecular weight is 292 g/mol. The predicted octanol–water partition coefficient (Wildman–Crippen LogP) is 2.98. The van der Waals surface area contributed by atoms with Gasteiger partial charge in [-0.25, -0.2) is 0 Å². The number of rotatable bonds is 0. The molecule has 0 aliphatic rings. The van der Waals surface area contributed by atoms with Crippen molar-refractivity contribution in [2.45, 2.75) is 13.2 Å². The lowest BCUT2D eigenvalue weighted by atomic mass is 10.1. The van der Waals surface area contributed by atoms with Crippen LogP contribution in [0.2, 0.25) is 0 Å². The molecule has 0 aliphatic carbocycles. The van der Waals surface area contributed by atoms with E-state index in [1.54, 1.807) is 0 Å². The number of nitrogens with zero attached hydrogens (tertiary/aromatic N) is 1. The number of hydrogen-bond acceptors (Lipinski definition) is 2. The van der Waals surface area contributed by atoms with E-state index in [9.17, 15) is 5.11 Å². The maximum Gasteiger partial charge on any atom is 0.245 e. The maximum absolute atomic E-state index is 9.34. The van der Waals surface area contributed by atoms with Gasteiger partial charge in [0.15, 0.2) is 0 Å². The molecular formula is C4HCl6NO. The molecule has 0 rings (SSSR count). The van der Waals surface area contributed by atoms with Gasteiger partial charge in [-0.2, -0.15) is 5.26 Å². The Hall–Kier alpha value is 1.19. The molecule has 0 saturated heterocycles. The first-order chi connectivity index (χ1) is 5.06. The summed E-state index contributed by atoms with van der Waals surface area (Å²) in [5.41, 5.74) is -2.69. The van der Waals surface area contributed by atoms with Crippen LogP contribution in [0.25, 0.3) is 0 Å². The molecule has 0 atom stereocenters. The van der Waals surface area contributed by atoms with Crippen LogP contribution in [0.3, 0.4) is 0 Å². The zero-order chi connectivity index (χ0) is 10.2. The number of aliphatic hydroxyl groups is 1. The monoisotopic (exact) mass is 289 g/mol. The van der Waals surface area contributed by atoms with Crippen LogP contribution in [-0.2, 0) is 0 Å². The van der Waals surface area contributed by atoms with Gasteiger partial charge < -0.3 is 5.11 Å². The van der Waals surface area contributed by atoms with E-state index in [2.05, 4.69) is 0 Å². The highest BCUT2D eigenvalue weighted by molar-refractivity contribution is 6.74. The third kappa shape index (κ3) is 2.36. The molecule has 0 aromatic carbocycles. The summed E-state index contributed by atoms with van der Waals surface area (Å²) in [5, 5.41) is 17.8. The third-order valence-corrected chi connectivity index (χ3v) is 2.62. The fraction of sp³-hybridized carbons (Fsp3) is 0.750. The van der Waals surface area contributed by atoms with Gasteiger partial charge in [0.2, 0.25) is 13.2 Å². The van der Waals surface area contributed by atoms with Crippen molar-refractivity contribution in [1.82, 2.24) is 0 Å². The Kier molecular flexibility index (Phi) is 4.12. The van der Waals surface area contributed by atoms with Crippen molar-refractivity contribution >= 4 is 69.6 Å². The Bertz CT molecular complexity index is 195. The molecular weight excluding hydrogens is 291 g/mol. The minimum Gasteiger partial charge on any atom is -0.368 e. The summed E-state index contributed by atoms with van der Waals surface area (Å²) in [6.45, 7) is 0. The van der Waals surface area contributed by atoms with Crippen LogP contribution in [0, 0.1) is 11.3 Å². The molecule has 0 aliphatic heterocycles. The van der Waals surface area contributed by atoms with Crippen LogP contribution in [-0.4, -0.2) is 18.3 Å². The first-order valence-corrected chi connectivity index (χ1v) is 4.60. The summed E-state index contributed by atoms with van der Waals surface area (Å²) in [7, 11) is 0. The van der Waals surface area contributed by atoms with E-state index in [0.29, 0.717) is 0 Å². The molecule has 12 heavy (non-hydrogen) atoms. The number of hydrogen-bond donors (Lipinski definition) is 1. The van der Waals surface area contributed by atoms with Gasteiger partial charge in [0.05, 0.1) is 0 Å². The Morgan fingerprint density at radius 1 is 0.917 bits per heavy atom. The second-order valence-corrected chi connectivity index (χ2v) is 6.38. The van der Waals surface area contributed by atoms with Crippen molar-refractivity contribution in [3.8, 4) is 6.07 Å². The topological polar surface area (TPSA) is 44.0 Å². The summed E-state index contributed by atoms with van der Waals surface area (Å²) in [6.07, 6.45) is 0. The van der Waals surface area contributed by atoms with E-state index < -0.39 is 13.2 Å². The SMILES string of the molecule is N#CC(O)(C(Cl)(Cl)Cl)C(Cl)(Cl)Cl. The third-order valence-electron chi connectivity index (χ3n) is 0.982. The van der Waals surface area contributed by atoms with Gasteiger partial charge in [0, 0.05) is 0 Å². The molecule has 0 amide bonds. The van der Waals surface area contributed by atoms with Crippen molar-refractivity contribution in [3.63, 3.8) is 0 Å². The van der Waals surface area contributed by atoms with Gasteiger partial charge >= 0.3 is 0 Å². The first-order valence-electron chi connectivity index (χ1n) is 2.33. The van der Waals surface area contributed by atoms with Crippen LogP contribution in [0.15, 0.2) is 0 Å². The van der Waals surface area contributed by atoms with Crippen molar-refractivity contribution in [1.29, 1.82) is 5.26 Å². The van der Waals surface area contributed by atoms with E-state index in [0.717, 1.165) is 0 Å². The lowest BCUT2D eigenvalue weighted by Gasteiger charge is -2.33. The Morgan fingerprint density at radius 3 is 1.17 bits per heavy atom. The number of halogens is 6. The van der Waals surface area contributed by atoms with Gasteiger partial charge in [-0.15, -0.1) is 0 Å². The fourth-order valence-electron chi connectivity index (χ4n) is 0.287. The standard InChI is InChI=1S/C4HCl6NO/c5-3(6,7)2(12,1-11)4(8,9)10/h12H. The highest BCUT2D eigenvalue weighted by Gasteiger charge is 2.61. The normalized spacial score (nSPS) is 14.2. The van der Waals surface area contributed by atoms with Gasteiger partial charge in [-0.3, -0.25) is 0 Å². The first kappa shape index (κ1) is 13.2. The van der Waals surface area contributed by atoms with E-state index in [1.165, 1.54) is 6.07 Å². The Morgan fingerprint density at radius 2 is 1.17 bits per heavy atom. The summed E-state index contributed by atoms with van der Waals surface area (Å²) in [5.74, 6) is 0. The van der Waals surface area contributed by atoms with Crippen molar-refractivity contribution in [2.24, 2.45) is 0 Å². The molecule has 8 heteroatoms. The fourth-order valence-corrected chi connectivity index (χ4v) is 1.83. The molecule has 0 unspecified atom stereocenters. The molecule has 0 fully saturated rings. The lowest BCUT2D eigenvalue weighted by molar-refractivity contribution is 0.107. The molecule has 1 N–H and O–H groups in total. The molecule has 0 aromatic heterocycles. The van der Waals surface area contributed by atoms with Gasteiger partial charge in [0.1, 0.15) is 6.07 Å². The second kappa shape index (κ2) is 3.74. The van der Waals surface area contributed by atoms with E-state index in [-0.39, 0.29) is 0 Å². The molecule has 0 bridgehead atoms. The van der Waals surface area contributed by atoms with E-state index in [1.807, 2.05) is 0 Å². The maximum atomic E-state index is 9.34. The zero-order valence-electron chi connectivity index (χ0n) is 5.16. The molecule has 0 radical (unpaired) electrons. The van der Waals surface area contributed by atoms with Crippen LogP contribution in [0.4, 0.5) is 0 Å². The Balaban J connectivity index is 5.14. The molecule has 2 nitrogen and oxygen atoms in total. The predicted molar refractivity (Wildman–Crippen MR) is 51.1 cm³/mol. The molecule has 0 heterocycles. The Labute approximate surface area is 98.8 Å². The number of nitriles is 1. The highest BCUT2D eigenvalue weighted by Crippen LogP contribution is 2.50. The smallest absolute Gasteiger partial charge is 0.245 e. The molecule has 0 aromatic rings. The summed E-state index contributed by atoms with van der Waals surface area (Å²) in [4.78, 5) is 0. The van der Waals surface area contributed by atoms with Crippen LogP contribution >= 0.6 is 69.6 Å². The summed E-state index contributed by atoms with van der Waals surface area (Å²) >= 11 is 31.4.